The van der Waals surface area contributed by atoms with Crippen molar-refractivity contribution in [1.29, 1.82) is 0 Å². The van der Waals surface area contributed by atoms with Crippen molar-refractivity contribution < 1.29 is 13.2 Å². The maximum atomic E-state index is 12.9. The van der Waals surface area contributed by atoms with Crippen LogP contribution in [-0.4, -0.2) is 9.97 Å². The first kappa shape index (κ1) is 16.3. The van der Waals surface area contributed by atoms with Gasteiger partial charge in [0.15, 0.2) is 0 Å². The first-order chi connectivity index (χ1) is 10.7. The summed E-state index contributed by atoms with van der Waals surface area (Å²) < 4.78 is 38.8. The molecule has 9 heteroatoms. The minimum Gasteiger partial charge on any atom is -0.340 e. The van der Waals surface area contributed by atoms with E-state index < -0.39 is 11.7 Å². The molecule has 120 valence electrons. The third-order valence-corrected chi connectivity index (χ3v) is 4.47. The Morgan fingerprint density at radius 2 is 1.87 bits per heavy atom. The van der Waals surface area contributed by atoms with Crippen LogP contribution >= 0.6 is 34.5 Å². The number of nitrogens with one attached hydrogen (secondary N) is 1. The van der Waals surface area contributed by atoms with Crippen LogP contribution in [0.1, 0.15) is 10.4 Å². The minimum absolute atomic E-state index is 0.0202. The van der Waals surface area contributed by atoms with Crippen LogP contribution in [0.2, 0.25) is 10.3 Å². The summed E-state index contributed by atoms with van der Waals surface area (Å²) in [6.45, 7) is 1.90. The predicted octanol–water partition coefficient (Wildman–Crippen LogP) is 6.07. The molecule has 0 saturated heterocycles. The van der Waals surface area contributed by atoms with Crippen molar-refractivity contribution in [1.82, 2.24) is 9.97 Å². The molecule has 1 N–H and O–H groups in total. The number of aromatic nitrogens is 2. The molecule has 0 aliphatic rings. The monoisotopic (exact) mass is 377 g/mol. The van der Waals surface area contributed by atoms with Crippen LogP contribution in [0.3, 0.4) is 0 Å². The van der Waals surface area contributed by atoms with Gasteiger partial charge < -0.3 is 5.32 Å². The molecule has 3 rings (SSSR count). The number of rotatable bonds is 2. The van der Waals surface area contributed by atoms with Crippen molar-refractivity contribution in [3.05, 3.63) is 45.0 Å². The fourth-order valence-electron chi connectivity index (χ4n) is 2.07. The highest BCUT2D eigenvalue weighted by Crippen LogP contribution is 2.37. The largest absolute Gasteiger partial charge is 0.417 e. The van der Waals surface area contributed by atoms with Gasteiger partial charge in [-0.25, -0.2) is 4.98 Å². The van der Waals surface area contributed by atoms with E-state index in [9.17, 15) is 13.2 Å². The van der Waals surface area contributed by atoms with Crippen molar-refractivity contribution in [2.75, 3.05) is 5.32 Å². The van der Waals surface area contributed by atoms with E-state index in [-0.39, 0.29) is 16.0 Å². The summed E-state index contributed by atoms with van der Waals surface area (Å²) in [6.07, 6.45) is -4.54. The molecule has 0 aliphatic carbocycles. The number of anilines is 2. The highest BCUT2D eigenvalue weighted by molar-refractivity contribution is 7.18. The maximum absolute atomic E-state index is 12.9. The van der Waals surface area contributed by atoms with Gasteiger partial charge in [-0.1, -0.05) is 11.6 Å². The fraction of sp³-hybridized carbons (Fsp3) is 0.143. The summed E-state index contributed by atoms with van der Waals surface area (Å²) in [5, 5.41) is 3.21. The molecule has 2 aromatic heterocycles. The van der Waals surface area contributed by atoms with Crippen LogP contribution in [-0.2, 0) is 6.18 Å². The highest BCUT2D eigenvalue weighted by atomic mass is 35.5. The third kappa shape index (κ3) is 3.36. The molecule has 2 heterocycles. The highest BCUT2D eigenvalue weighted by Gasteiger charge is 2.33. The van der Waals surface area contributed by atoms with E-state index in [1.807, 2.05) is 13.0 Å². The number of benzene rings is 1. The molecule has 0 fully saturated rings. The lowest BCUT2D eigenvalue weighted by Gasteiger charge is -2.12. The molecule has 0 saturated carbocycles. The molecule has 3 aromatic rings. The third-order valence-electron chi connectivity index (χ3n) is 3.02. The molecule has 0 aliphatic heterocycles. The molecule has 0 bridgehead atoms. The first-order valence-corrected chi connectivity index (χ1v) is 7.89. The number of aryl methyl sites for hydroxylation is 1. The Bertz CT molecular complexity index is 893. The minimum atomic E-state index is -4.54. The molecule has 0 atom stereocenters. The van der Waals surface area contributed by atoms with Crippen LogP contribution < -0.4 is 5.32 Å². The number of fused-ring (bicyclic) bond motifs is 1. The Labute approximate surface area is 143 Å². The Balaban J connectivity index is 2.06. The lowest BCUT2D eigenvalue weighted by molar-refractivity contribution is -0.137. The molecule has 1 aromatic carbocycles. The van der Waals surface area contributed by atoms with E-state index in [0.29, 0.717) is 16.0 Å². The Hall–Kier alpha value is -1.57. The number of halogens is 5. The van der Waals surface area contributed by atoms with E-state index in [0.717, 1.165) is 10.9 Å². The van der Waals surface area contributed by atoms with Crippen LogP contribution in [0, 0.1) is 6.92 Å². The van der Waals surface area contributed by atoms with E-state index in [2.05, 4.69) is 15.3 Å². The van der Waals surface area contributed by atoms with Gasteiger partial charge in [-0.2, -0.15) is 18.2 Å². The second kappa shape index (κ2) is 5.81. The van der Waals surface area contributed by atoms with Gasteiger partial charge in [0.25, 0.3) is 0 Å². The van der Waals surface area contributed by atoms with Gasteiger partial charge in [-0.15, -0.1) is 11.3 Å². The summed E-state index contributed by atoms with van der Waals surface area (Å²) in [6, 6.07) is 5.41. The lowest BCUT2D eigenvalue weighted by Crippen LogP contribution is -2.06. The van der Waals surface area contributed by atoms with Crippen molar-refractivity contribution in [2.24, 2.45) is 0 Å². The SMILES string of the molecule is Cc1cc2c(Nc3ccc(Cl)c(C(F)(F)F)c3)nc(Cl)nc2s1. The van der Waals surface area contributed by atoms with Crippen molar-refractivity contribution >= 4 is 56.3 Å². The number of nitrogens with zero attached hydrogens (tertiary/aromatic N) is 2. The van der Waals surface area contributed by atoms with E-state index >= 15 is 0 Å². The lowest BCUT2D eigenvalue weighted by atomic mass is 10.2. The molecular weight excluding hydrogens is 370 g/mol. The summed E-state index contributed by atoms with van der Waals surface area (Å²) in [5.41, 5.74) is -0.705. The number of hydrogen-bond donors (Lipinski definition) is 1. The van der Waals surface area contributed by atoms with Crippen LogP contribution in [0.4, 0.5) is 24.7 Å². The zero-order valence-electron chi connectivity index (χ0n) is 11.5. The zero-order chi connectivity index (χ0) is 16.8. The molecule has 0 amide bonds. The van der Waals surface area contributed by atoms with Crippen LogP contribution in [0.15, 0.2) is 24.3 Å². The molecule has 23 heavy (non-hydrogen) atoms. The average Bonchev–Trinajstić information content (AvgIpc) is 2.80. The van der Waals surface area contributed by atoms with E-state index in [4.69, 9.17) is 23.2 Å². The quantitative estimate of drug-likeness (QED) is 0.550. The fourth-order valence-corrected chi connectivity index (χ4v) is 3.39. The topological polar surface area (TPSA) is 37.8 Å². The second-order valence-electron chi connectivity index (χ2n) is 4.73. The van der Waals surface area contributed by atoms with Gasteiger partial charge in [-0.05, 0) is 42.8 Å². The van der Waals surface area contributed by atoms with E-state index in [1.165, 1.54) is 23.5 Å². The maximum Gasteiger partial charge on any atom is 0.417 e. The Kier molecular flexibility index (Phi) is 4.12. The van der Waals surface area contributed by atoms with Crippen molar-refractivity contribution in [3.63, 3.8) is 0 Å². The normalized spacial score (nSPS) is 11.9. The van der Waals surface area contributed by atoms with Gasteiger partial charge in [0.05, 0.1) is 16.0 Å². The Morgan fingerprint density at radius 1 is 1.13 bits per heavy atom. The van der Waals surface area contributed by atoms with Gasteiger partial charge in [-0.3, -0.25) is 0 Å². The average molecular weight is 378 g/mol. The van der Waals surface area contributed by atoms with Crippen molar-refractivity contribution in [2.45, 2.75) is 13.1 Å². The van der Waals surface area contributed by atoms with Crippen LogP contribution in [0.5, 0.6) is 0 Å². The first-order valence-electron chi connectivity index (χ1n) is 6.31. The summed E-state index contributed by atoms with van der Waals surface area (Å²) in [4.78, 5) is 9.82. The van der Waals surface area contributed by atoms with Gasteiger partial charge in [0, 0.05) is 10.6 Å². The smallest absolute Gasteiger partial charge is 0.340 e. The molecular formula is C14H8Cl2F3N3S. The van der Waals surface area contributed by atoms with Crippen molar-refractivity contribution in [3.8, 4) is 0 Å². The van der Waals surface area contributed by atoms with Crippen LogP contribution in [0.25, 0.3) is 10.2 Å². The predicted molar refractivity (Wildman–Crippen MR) is 86.9 cm³/mol. The molecule has 0 spiro atoms. The van der Waals surface area contributed by atoms with Gasteiger partial charge in [0.1, 0.15) is 10.6 Å². The van der Waals surface area contributed by atoms with E-state index in [1.54, 1.807) is 0 Å². The zero-order valence-corrected chi connectivity index (χ0v) is 13.8. The summed E-state index contributed by atoms with van der Waals surface area (Å²) in [7, 11) is 0. The van der Waals surface area contributed by atoms with Gasteiger partial charge in [0.2, 0.25) is 5.28 Å². The standard InChI is InChI=1S/C14H8Cl2F3N3S/c1-6-4-8-11(21-13(16)22-12(8)23-6)20-7-2-3-10(15)9(5-7)14(17,18)19/h2-5H,1H3,(H,20,21,22). The molecule has 0 radical (unpaired) electrons. The molecule has 3 nitrogen and oxygen atoms in total. The second-order valence-corrected chi connectivity index (χ2v) is 6.71. The number of alkyl halides is 3. The Morgan fingerprint density at radius 3 is 2.57 bits per heavy atom. The summed E-state index contributed by atoms with van der Waals surface area (Å²) >= 11 is 12.9. The summed E-state index contributed by atoms with van der Waals surface area (Å²) in [5.74, 6) is 0.347. The number of hydrogen-bond acceptors (Lipinski definition) is 4. The molecule has 0 unspecified atom stereocenters. The van der Waals surface area contributed by atoms with Gasteiger partial charge >= 0.3 is 6.18 Å². The number of thiophene rings is 1.